The van der Waals surface area contributed by atoms with E-state index >= 15 is 0 Å². The standard InChI is InChI=1S/C13H15N3O/c1-9(17)16-7-10(8-16)6-12-13-11(2-4-14-12)3-5-15-13/h2-5,10,15H,6-8H2,1H3. The van der Waals surface area contributed by atoms with Crippen LogP contribution >= 0.6 is 0 Å². The lowest BCUT2D eigenvalue weighted by atomic mass is 9.94. The molecule has 3 rings (SSSR count). The molecule has 0 aromatic carbocycles. The van der Waals surface area contributed by atoms with Gasteiger partial charge in [-0.25, -0.2) is 0 Å². The zero-order valence-electron chi connectivity index (χ0n) is 9.81. The summed E-state index contributed by atoms with van der Waals surface area (Å²) in [4.78, 5) is 20.6. The molecule has 1 aliphatic heterocycles. The minimum atomic E-state index is 0.173. The molecular weight excluding hydrogens is 214 g/mol. The van der Waals surface area contributed by atoms with Crippen molar-refractivity contribution in [2.24, 2.45) is 5.92 Å². The van der Waals surface area contributed by atoms with E-state index in [1.165, 1.54) is 5.39 Å². The van der Waals surface area contributed by atoms with Gasteiger partial charge in [0, 0.05) is 37.8 Å². The van der Waals surface area contributed by atoms with Crippen LogP contribution in [0.2, 0.25) is 0 Å². The number of aromatic amines is 1. The smallest absolute Gasteiger partial charge is 0.219 e. The Bertz CT molecular complexity index is 555. The van der Waals surface area contributed by atoms with E-state index in [-0.39, 0.29) is 5.91 Å². The number of carbonyl (C=O) groups excluding carboxylic acids is 1. The highest BCUT2D eigenvalue weighted by Crippen LogP contribution is 2.23. The molecular formula is C13H15N3O. The van der Waals surface area contributed by atoms with Crippen molar-refractivity contribution >= 4 is 16.8 Å². The van der Waals surface area contributed by atoms with Crippen molar-refractivity contribution in [3.05, 3.63) is 30.2 Å². The largest absolute Gasteiger partial charge is 0.360 e. The number of fused-ring (bicyclic) bond motifs is 1. The highest BCUT2D eigenvalue weighted by molar-refractivity contribution is 5.81. The lowest BCUT2D eigenvalue weighted by Crippen LogP contribution is -2.49. The number of nitrogens with zero attached hydrogens (tertiary/aromatic N) is 2. The van der Waals surface area contributed by atoms with Crippen LogP contribution in [-0.4, -0.2) is 33.9 Å². The molecule has 1 saturated heterocycles. The Morgan fingerprint density at radius 2 is 2.35 bits per heavy atom. The minimum absolute atomic E-state index is 0.173. The first kappa shape index (κ1) is 10.3. The van der Waals surface area contributed by atoms with Crippen LogP contribution in [0.15, 0.2) is 24.5 Å². The first-order valence-electron chi connectivity index (χ1n) is 5.90. The fourth-order valence-electron chi connectivity index (χ4n) is 2.43. The Labute approximate surface area is 99.6 Å². The van der Waals surface area contributed by atoms with Gasteiger partial charge in [-0.3, -0.25) is 9.78 Å². The molecule has 3 heterocycles. The number of carbonyl (C=O) groups is 1. The summed E-state index contributed by atoms with van der Waals surface area (Å²) in [6, 6.07) is 4.07. The molecule has 0 unspecified atom stereocenters. The van der Waals surface area contributed by atoms with Gasteiger partial charge < -0.3 is 9.88 Å². The number of H-pyrrole nitrogens is 1. The van der Waals surface area contributed by atoms with Crippen LogP contribution < -0.4 is 0 Å². The van der Waals surface area contributed by atoms with Gasteiger partial charge in [0.25, 0.3) is 0 Å². The molecule has 4 nitrogen and oxygen atoms in total. The van der Waals surface area contributed by atoms with E-state index in [0.717, 1.165) is 30.7 Å². The van der Waals surface area contributed by atoms with Gasteiger partial charge in [-0.05, 0) is 24.5 Å². The monoisotopic (exact) mass is 229 g/mol. The highest BCUT2D eigenvalue weighted by atomic mass is 16.2. The maximum atomic E-state index is 11.1. The Morgan fingerprint density at radius 3 is 3.12 bits per heavy atom. The molecule has 0 radical (unpaired) electrons. The van der Waals surface area contributed by atoms with Gasteiger partial charge in [0.15, 0.2) is 0 Å². The normalized spacial score (nSPS) is 16.2. The third-order valence-electron chi connectivity index (χ3n) is 3.44. The molecule has 1 aliphatic rings. The third-order valence-corrected chi connectivity index (χ3v) is 3.44. The van der Waals surface area contributed by atoms with Crippen molar-refractivity contribution in [1.29, 1.82) is 0 Å². The van der Waals surface area contributed by atoms with Crippen LogP contribution in [0.5, 0.6) is 0 Å². The first-order valence-corrected chi connectivity index (χ1v) is 5.90. The van der Waals surface area contributed by atoms with E-state index in [1.807, 2.05) is 23.4 Å². The van der Waals surface area contributed by atoms with E-state index in [2.05, 4.69) is 16.0 Å². The SMILES string of the molecule is CC(=O)N1CC(Cc2nccc3cc[nH]c23)C1. The lowest BCUT2D eigenvalue weighted by molar-refractivity contribution is -0.134. The number of amides is 1. The quantitative estimate of drug-likeness (QED) is 0.850. The molecule has 1 fully saturated rings. The maximum absolute atomic E-state index is 11.1. The van der Waals surface area contributed by atoms with E-state index in [0.29, 0.717) is 5.92 Å². The van der Waals surface area contributed by atoms with Crippen LogP contribution in [-0.2, 0) is 11.2 Å². The van der Waals surface area contributed by atoms with E-state index in [9.17, 15) is 4.79 Å². The molecule has 4 heteroatoms. The van der Waals surface area contributed by atoms with E-state index in [4.69, 9.17) is 0 Å². The first-order chi connectivity index (χ1) is 8.24. The van der Waals surface area contributed by atoms with Gasteiger partial charge >= 0.3 is 0 Å². The summed E-state index contributed by atoms with van der Waals surface area (Å²) in [6.45, 7) is 3.36. The Hall–Kier alpha value is -1.84. The predicted octanol–water partition coefficient (Wildman–Crippen LogP) is 1.58. The van der Waals surface area contributed by atoms with Crippen LogP contribution in [0.4, 0.5) is 0 Å². The molecule has 2 aromatic heterocycles. The average Bonchev–Trinajstić information content (AvgIpc) is 2.70. The van der Waals surface area contributed by atoms with E-state index < -0.39 is 0 Å². The molecule has 1 N–H and O–H groups in total. The van der Waals surface area contributed by atoms with Crippen LogP contribution in [0, 0.1) is 5.92 Å². The van der Waals surface area contributed by atoms with Gasteiger partial charge in [-0.1, -0.05) is 0 Å². The van der Waals surface area contributed by atoms with Crippen molar-refractivity contribution in [2.75, 3.05) is 13.1 Å². The topological polar surface area (TPSA) is 49.0 Å². The summed E-state index contributed by atoms with van der Waals surface area (Å²) in [5.41, 5.74) is 2.24. The second kappa shape index (κ2) is 3.87. The fraction of sp³-hybridized carbons (Fsp3) is 0.385. The van der Waals surface area contributed by atoms with Crippen molar-refractivity contribution in [1.82, 2.24) is 14.9 Å². The zero-order valence-corrected chi connectivity index (χ0v) is 9.81. The van der Waals surface area contributed by atoms with Crippen molar-refractivity contribution < 1.29 is 4.79 Å². The summed E-state index contributed by atoms with van der Waals surface area (Å²) in [5, 5.41) is 1.21. The number of hydrogen-bond acceptors (Lipinski definition) is 2. The van der Waals surface area contributed by atoms with Gasteiger partial charge in [0.2, 0.25) is 5.91 Å². The molecule has 2 aromatic rings. The Balaban J connectivity index is 1.74. The average molecular weight is 229 g/mol. The predicted molar refractivity (Wildman–Crippen MR) is 65.5 cm³/mol. The highest BCUT2D eigenvalue weighted by Gasteiger charge is 2.29. The molecule has 0 bridgehead atoms. The lowest BCUT2D eigenvalue weighted by Gasteiger charge is -2.38. The van der Waals surface area contributed by atoms with Gasteiger partial charge in [0.05, 0.1) is 11.2 Å². The maximum Gasteiger partial charge on any atom is 0.219 e. The number of nitrogens with one attached hydrogen (secondary N) is 1. The van der Waals surface area contributed by atoms with Crippen LogP contribution in [0.1, 0.15) is 12.6 Å². The summed E-state index contributed by atoms with van der Waals surface area (Å²) in [5.74, 6) is 0.729. The number of pyridine rings is 1. The number of aromatic nitrogens is 2. The molecule has 17 heavy (non-hydrogen) atoms. The van der Waals surface area contributed by atoms with Gasteiger partial charge in [-0.15, -0.1) is 0 Å². The molecule has 1 amide bonds. The van der Waals surface area contributed by atoms with Crippen LogP contribution in [0.3, 0.4) is 0 Å². The summed E-state index contributed by atoms with van der Waals surface area (Å²) >= 11 is 0. The van der Waals surface area contributed by atoms with E-state index in [1.54, 1.807) is 6.92 Å². The molecule has 0 saturated carbocycles. The molecule has 0 aliphatic carbocycles. The van der Waals surface area contributed by atoms with Crippen molar-refractivity contribution in [3.8, 4) is 0 Å². The molecule has 0 spiro atoms. The molecule has 88 valence electrons. The summed E-state index contributed by atoms with van der Waals surface area (Å²) in [7, 11) is 0. The van der Waals surface area contributed by atoms with Gasteiger partial charge in [0.1, 0.15) is 0 Å². The van der Waals surface area contributed by atoms with Crippen molar-refractivity contribution in [3.63, 3.8) is 0 Å². The number of hydrogen-bond donors (Lipinski definition) is 1. The van der Waals surface area contributed by atoms with Crippen molar-refractivity contribution in [2.45, 2.75) is 13.3 Å². The van der Waals surface area contributed by atoms with Crippen LogP contribution in [0.25, 0.3) is 10.9 Å². The zero-order chi connectivity index (χ0) is 11.8. The summed E-state index contributed by atoms with van der Waals surface area (Å²) in [6.07, 6.45) is 4.74. The fourth-order valence-corrected chi connectivity index (χ4v) is 2.43. The second-order valence-electron chi connectivity index (χ2n) is 4.69. The summed E-state index contributed by atoms with van der Waals surface area (Å²) < 4.78 is 0. The Morgan fingerprint density at radius 1 is 1.53 bits per heavy atom. The molecule has 0 atom stereocenters. The Kier molecular flexibility index (Phi) is 2.35. The number of likely N-dealkylation sites (tertiary alicyclic amines) is 1. The third kappa shape index (κ3) is 1.79. The number of rotatable bonds is 2. The minimum Gasteiger partial charge on any atom is -0.360 e. The van der Waals surface area contributed by atoms with Gasteiger partial charge in [-0.2, -0.15) is 0 Å². The second-order valence-corrected chi connectivity index (χ2v) is 4.69.